The Hall–Kier alpha value is -4.23. The normalized spacial score (nSPS) is 13.3. The first-order valence-corrected chi connectivity index (χ1v) is 12.7. The fourth-order valence-corrected chi connectivity index (χ4v) is 4.57. The molecule has 2 heterocycles. The second kappa shape index (κ2) is 11.0. The van der Waals surface area contributed by atoms with Gasteiger partial charge in [0, 0.05) is 53.7 Å². The SMILES string of the molecule is COc1ccc(C(=O)N2CCN(c3ccc(NC(=O)c4ccc(-c5ccc(C)c(Cl)c5)o4)cc3)CC2)cc1. The van der Waals surface area contributed by atoms with Crippen molar-refractivity contribution in [1.82, 2.24) is 4.90 Å². The van der Waals surface area contributed by atoms with Crippen LogP contribution < -0.4 is 15.0 Å². The Kier molecular flexibility index (Phi) is 7.38. The fourth-order valence-electron chi connectivity index (χ4n) is 4.39. The third kappa shape index (κ3) is 5.53. The van der Waals surface area contributed by atoms with Gasteiger partial charge < -0.3 is 24.3 Å². The standard InChI is InChI=1S/C30H28ClN3O4/c1-20-3-4-22(19-26(20)31)27-13-14-28(38-27)29(35)32-23-7-9-24(10-8-23)33-15-17-34(18-16-33)30(36)21-5-11-25(37-2)12-6-21/h3-14,19H,15-18H2,1-2H3,(H,32,35). The molecule has 0 spiro atoms. The minimum atomic E-state index is -0.326. The van der Waals surface area contributed by atoms with Crippen LogP contribution in [0.15, 0.2) is 83.3 Å². The minimum absolute atomic E-state index is 0.0249. The third-order valence-corrected chi connectivity index (χ3v) is 7.09. The Morgan fingerprint density at radius 3 is 2.26 bits per heavy atom. The van der Waals surface area contributed by atoms with Crippen molar-refractivity contribution >= 4 is 34.8 Å². The number of anilines is 2. The summed E-state index contributed by atoms with van der Waals surface area (Å²) in [4.78, 5) is 29.7. The fraction of sp³-hybridized carbons (Fsp3) is 0.200. The van der Waals surface area contributed by atoms with Crippen LogP contribution in [0.3, 0.4) is 0 Å². The highest BCUT2D eigenvalue weighted by Gasteiger charge is 2.22. The molecule has 1 saturated heterocycles. The van der Waals surface area contributed by atoms with E-state index in [-0.39, 0.29) is 17.6 Å². The Morgan fingerprint density at radius 1 is 0.895 bits per heavy atom. The highest BCUT2D eigenvalue weighted by atomic mass is 35.5. The molecule has 1 aliphatic heterocycles. The van der Waals surface area contributed by atoms with E-state index in [2.05, 4.69) is 10.2 Å². The maximum absolute atomic E-state index is 12.8. The van der Waals surface area contributed by atoms with Crippen LogP contribution >= 0.6 is 11.6 Å². The van der Waals surface area contributed by atoms with Gasteiger partial charge in [-0.3, -0.25) is 9.59 Å². The molecule has 0 saturated carbocycles. The highest BCUT2D eigenvalue weighted by Crippen LogP contribution is 2.27. The summed E-state index contributed by atoms with van der Waals surface area (Å²) in [6.07, 6.45) is 0. The number of carbonyl (C=O) groups is 2. The zero-order valence-electron chi connectivity index (χ0n) is 21.2. The van der Waals surface area contributed by atoms with Crippen molar-refractivity contribution in [2.24, 2.45) is 0 Å². The molecule has 0 radical (unpaired) electrons. The zero-order chi connectivity index (χ0) is 26.6. The van der Waals surface area contributed by atoms with E-state index in [4.69, 9.17) is 20.8 Å². The molecule has 0 bridgehead atoms. The van der Waals surface area contributed by atoms with Gasteiger partial charge in [0.25, 0.3) is 11.8 Å². The molecule has 2 amide bonds. The van der Waals surface area contributed by atoms with Gasteiger partial charge >= 0.3 is 0 Å². The van der Waals surface area contributed by atoms with Crippen molar-refractivity contribution in [2.45, 2.75) is 6.92 Å². The molecule has 194 valence electrons. The number of benzene rings is 3. The Labute approximate surface area is 226 Å². The quantitative estimate of drug-likeness (QED) is 0.325. The summed E-state index contributed by atoms with van der Waals surface area (Å²) in [5.74, 6) is 1.23. The number of furan rings is 1. The molecule has 0 aliphatic carbocycles. The van der Waals surface area contributed by atoms with E-state index in [0.717, 1.165) is 35.7 Å². The van der Waals surface area contributed by atoms with Gasteiger partial charge in [-0.15, -0.1) is 0 Å². The molecule has 1 fully saturated rings. The lowest BCUT2D eigenvalue weighted by Gasteiger charge is -2.36. The van der Waals surface area contributed by atoms with Crippen LogP contribution in [0.4, 0.5) is 11.4 Å². The molecule has 3 aromatic carbocycles. The van der Waals surface area contributed by atoms with Gasteiger partial charge in [0.2, 0.25) is 0 Å². The monoisotopic (exact) mass is 529 g/mol. The van der Waals surface area contributed by atoms with Gasteiger partial charge in [0.05, 0.1) is 7.11 Å². The topological polar surface area (TPSA) is 75.0 Å². The van der Waals surface area contributed by atoms with Crippen LogP contribution in [-0.4, -0.2) is 50.0 Å². The first kappa shape index (κ1) is 25.4. The summed E-state index contributed by atoms with van der Waals surface area (Å²) in [7, 11) is 1.61. The number of ether oxygens (including phenoxy) is 1. The molecule has 1 aliphatic rings. The van der Waals surface area contributed by atoms with Gasteiger partial charge in [-0.25, -0.2) is 0 Å². The van der Waals surface area contributed by atoms with Crippen LogP contribution in [0, 0.1) is 6.92 Å². The Balaban J connectivity index is 1.16. The number of nitrogens with one attached hydrogen (secondary N) is 1. The van der Waals surface area contributed by atoms with Crippen LogP contribution in [0.25, 0.3) is 11.3 Å². The molecule has 5 rings (SSSR count). The van der Waals surface area contributed by atoms with E-state index in [0.29, 0.717) is 35.1 Å². The second-order valence-corrected chi connectivity index (χ2v) is 9.54. The van der Waals surface area contributed by atoms with E-state index < -0.39 is 0 Å². The lowest BCUT2D eigenvalue weighted by atomic mass is 10.1. The minimum Gasteiger partial charge on any atom is -0.497 e. The van der Waals surface area contributed by atoms with Crippen molar-refractivity contribution in [3.8, 4) is 17.1 Å². The number of amides is 2. The zero-order valence-corrected chi connectivity index (χ0v) is 22.0. The van der Waals surface area contributed by atoms with Crippen molar-refractivity contribution in [2.75, 3.05) is 43.5 Å². The van der Waals surface area contributed by atoms with Gasteiger partial charge in [-0.2, -0.15) is 0 Å². The van der Waals surface area contributed by atoms with Crippen LogP contribution in [0.5, 0.6) is 5.75 Å². The first-order chi connectivity index (χ1) is 18.4. The molecule has 38 heavy (non-hydrogen) atoms. The van der Waals surface area contributed by atoms with Crippen LogP contribution in [0.2, 0.25) is 5.02 Å². The molecular formula is C30H28ClN3O4. The summed E-state index contributed by atoms with van der Waals surface area (Å²) in [6, 6.07) is 23.9. The third-order valence-electron chi connectivity index (χ3n) is 6.68. The number of halogens is 1. The highest BCUT2D eigenvalue weighted by molar-refractivity contribution is 6.31. The van der Waals surface area contributed by atoms with E-state index in [1.165, 1.54) is 0 Å². The first-order valence-electron chi connectivity index (χ1n) is 12.4. The Morgan fingerprint density at radius 2 is 1.61 bits per heavy atom. The van der Waals surface area contributed by atoms with Crippen molar-refractivity contribution in [3.63, 3.8) is 0 Å². The molecule has 0 unspecified atom stereocenters. The molecule has 7 nitrogen and oxygen atoms in total. The molecule has 0 atom stereocenters. The van der Waals surface area contributed by atoms with E-state index in [1.54, 1.807) is 43.5 Å². The van der Waals surface area contributed by atoms with Crippen molar-refractivity contribution in [3.05, 3.63) is 101 Å². The second-order valence-electron chi connectivity index (χ2n) is 9.14. The van der Waals surface area contributed by atoms with Gasteiger partial charge in [0.1, 0.15) is 11.5 Å². The number of hydrogen-bond donors (Lipinski definition) is 1. The summed E-state index contributed by atoms with van der Waals surface area (Å²) in [5, 5.41) is 3.53. The summed E-state index contributed by atoms with van der Waals surface area (Å²) in [5.41, 5.74) is 4.16. The average Bonchev–Trinajstić information content (AvgIpc) is 3.45. The van der Waals surface area contributed by atoms with E-state index in [9.17, 15) is 9.59 Å². The predicted octanol–water partition coefficient (Wildman–Crippen LogP) is 6.13. The van der Waals surface area contributed by atoms with Gasteiger partial charge in [0.15, 0.2) is 5.76 Å². The summed E-state index contributed by atoms with van der Waals surface area (Å²) >= 11 is 6.22. The van der Waals surface area contributed by atoms with Gasteiger partial charge in [-0.05, 0) is 79.2 Å². The smallest absolute Gasteiger partial charge is 0.291 e. The van der Waals surface area contributed by atoms with Crippen LogP contribution in [-0.2, 0) is 0 Å². The van der Waals surface area contributed by atoms with E-state index >= 15 is 0 Å². The van der Waals surface area contributed by atoms with E-state index in [1.807, 2.05) is 54.3 Å². The average molecular weight is 530 g/mol. The number of piperazine rings is 1. The molecule has 1 N–H and O–H groups in total. The van der Waals surface area contributed by atoms with Crippen molar-refractivity contribution in [1.29, 1.82) is 0 Å². The molecule has 8 heteroatoms. The molecule has 1 aromatic heterocycles. The van der Waals surface area contributed by atoms with Gasteiger partial charge in [-0.1, -0.05) is 23.7 Å². The summed E-state index contributed by atoms with van der Waals surface area (Å²) < 4.78 is 10.9. The maximum atomic E-state index is 12.8. The predicted molar refractivity (Wildman–Crippen MR) is 149 cm³/mol. The number of methoxy groups -OCH3 is 1. The maximum Gasteiger partial charge on any atom is 0.291 e. The Bertz CT molecular complexity index is 1440. The largest absolute Gasteiger partial charge is 0.497 e. The van der Waals surface area contributed by atoms with Crippen LogP contribution in [0.1, 0.15) is 26.5 Å². The lowest BCUT2D eigenvalue weighted by Crippen LogP contribution is -2.48. The number of hydrogen-bond acceptors (Lipinski definition) is 5. The molecular weight excluding hydrogens is 502 g/mol. The number of rotatable bonds is 6. The lowest BCUT2D eigenvalue weighted by molar-refractivity contribution is 0.0746. The number of carbonyl (C=O) groups excluding carboxylic acids is 2. The number of aryl methyl sites for hydroxylation is 1. The molecule has 4 aromatic rings. The van der Waals surface area contributed by atoms with Crippen molar-refractivity contribution < 1.29 is 18.7 Å². The number of nitrogens with zero attached hydrogens (tertiary/aromatic N) is 2. The summed E-state index contributed by atoms with van der Waals surface area (Å²) in [6.45, 7) is 4.66.